The molecule has 4 nitrogen and oxygen atoms in total. The van der Waals surface area contributed by atoms with Crippen molar-refractivity contribution in [3.8, 4) is 23.0 Å². The van der Waals surface area contributed by atoms with E-state index in [1.54, 1.807) is 11.3 Å². The second kappa shape index (κ2) is 8.98. The van der Waals surface area contributed by atoms with Crippen LogP contribution in [-0.2, 0) is 0 Å². The van der Waals surface area contributed by atoms with Gasteiger partial charge in [-0.25, -0.2) is 9.97 Å². The fourth-order valence-corrected chi connectivity index (χ4v) is 3.76. The zero-order valence-corrected chi connectivity index (χ0v) is 15.9. The molecular formula is C20H26N4S. The van der Waals surface area contributed by atoms with Crippen LogP contribution in [0.4, 0.5) is 5.95 Å². The molecule has 5 heteroatoms. The van der Waals surface area contributed by atoms with Crippen LogP contribution >= 0.6 is 11.3 Å². The maximum atomic E-state index is 4.45. The molecule has 0 unspecified atom stereocenters. The third-order valence-corrected chi connectivity index (χ3v) is 5.29. The van der Waals surface area contributed by atoms with E-state index in [0.29, 0.717) is 11.8 Å². The van der Waals surface area contributed by atoms with E-state index in [-0.39, 0.29) is 0 Å². The Bertz CT molecular complexity index is 690. The smallest absolute Gasteiger partial charge is 0.222 e. The van der Waals surface area contributed by atoms with E-state index in [2.05, 4.69) is 62.9 Å². The van der Waals surface area contributed by atoms with E-state index < -0.39 is 0 Å². The van der Waals surface area contributed by atoms with Gasteiger partial charge in [0, 0.05) is 30.4 Å². The van der Waals surface area contributed by atoms with Gasteiger partial charge in [0.05, 0.1) is 6.54 Å². The first-order valence-electron chi connectivity index (χ1n) is 8.92. The first-order chi connectivity index (χ1) is 12.2. The van der Waals surface area contributed by atoms with E-state index in [1.165, 1.54) is 31.2 Å². The predicted octanol–water partition coefficient (Wildman–Crippen LogP) is 3.99. The van der Waals surface area contributed by atoms with Gasteiger partial charge in [-0.15, -0.1) is 0 Å². The monoisotopic (exact) mass is 354 g/mol. The number of hydrogen-bond acceptors (Lipinski definition) is 5. The van der Waals surface area contributed by atoms with Gasteiger partial charge in [0.25, 0.3) is 0 Å². The maximum absolute atomic E-state index is 4.45. The highest BCUT2D eigenvalue weighted by atomic mass is 32.1. The van der Waals surface area contributed by atoms with Crippen molar-refractivity contribution in [2.75, 3.05) is 32.5 Å². The van der Waals surface area contributed by atoms with E-state index >= 15 is 0 Å². The van der Waals surface area contributed by atoms with Crippen LogP contribution in [0.5, 0.6) is 0 Å². The molecule has 0 spiro atoms. The van der Waals surface area contributed by atoms with Crippen molar-refractivity contribution in [3.05, 3.63) is 29.2 Å². The molecule has 25 heavy (non-hydrogen) atoms. The topological polar surface area (TPSA) is 41.0 Å². The molecule has 1 N–H and O–H groups in total. The summed E-state index contributed by atoms with van der Waals surface area (Å²) in [6, 6.07) is 2.09. The third-order valence-electron chi connectivity index (χ3n) is 4.60. The van der Waals surface area contributed by atoms with Crippen molar-refractivity contribution in [1.29, 1.82) is 0 Å². The molecule has 1 fully saturated rings. The number of rotatable bonds is 5. The van der Waals surface area contributed by atoms with Gasteiger partial charge in [0.2, 0.25) is 5.95 Å². The van der Waals surface area contributed by atoms with Crippen LogP contribution in [0.25, 0.3) is 11.1 Å². The van der Waals surface area contributed by atoms with Crippen molar-refractivity contribution >= 4 is 17.3 Å². The van der Waals surface area contributed by atoms with Crippen LogP contribution in [0.3, 0.4) is 0 Å². The molecule has 0 aromatic carbocycles. The van der Waals surface area contributed by atoms with Crippen molar-refractivity contribution in [3.63, 3.8) is 0 Å². The summed E-state index contributed by atoms with van der Waals surface area (Å²) in [5, 5.41) is 7.59. The number of nitrogens with zero attached hydrogens (tertiary/aromatic N) is 3. The predicted molar refractivity (Wildman–Crippen MR) is 106 cm³/mol. The average Bonchev–Trinajstić information content (AvgIpc) is 3.16. The Labute approximate surface area is 154 Å². The Balaban J connectivity index is 1.41. The summed E-state index contributed by atoms with van der Waals surface area (Å²) >= 11 is 1.69. The molecule has 2 heterocycles. The van der Waals surface area contributed by atoms with Crippen molar-refractivity contribution < 1.29 is 0 Å². The summed E-state index contributed by atoms with van der Waals surface area (Å²) in [7, 11) is 4.12. The van der Waals surface area contributed by atoms with E-state index in [9.17, 15) is 0 Å². The second-order valence-electron chi connectivity index (χ2n) is 6.96. The lowest BCUT2D eigenvalue weighted by molar-refractivity contribution is 0.328. The number of hydrogen-bond donors (Lipinski definition) is 1. The van der Waals surface area contributed by atoms with Gasteiger partial charge in [0.1, 0.15) is 0 Å². The zero-order valence-electron chi connectivity index (χ0n) is 15.0. The number of nitrogens with one attached hydrogen (secondary N) is 1. The van der Waals surface area contributed by atoms with Gasteiger partial charge in [-0.05, 0) is 68.1 Å². The summed E-state index contributed by atoms with van der Waals surface area (Å²) in [6.07, 6.45) is 8.70. The summed E-state index contributed by atoms with van der Waals surface area (Å²) in [4.78, 5) is 11.0. The molecule has 2 aromatic heterocycles. The number of thiophene rings is 1. The highest BCUT2D eigenvalue weighted by Crippen LogP contribution is 2.28. The van der Waals surface area contributed by atoms with Gasteiger partial charge in [0.15, 0.2) is 0 Å². The van der Waals surface area contributed by atoms with Crippen molar-refractivity contribution in [1.82, 2.24) is 14.9 Å². The minimum atomic E-state index is 0.581. The van der Waals surface area contributed by atoms with Gasteiger partial charge in [-0.3, -0.25) is 4.90 Å². The summed E-state index contributed by atoms with van der Waals surface area (Å²) in [5.41, 5.74) is 2.26. The summed E-state index contributed by atoms with van der Waals surface area (Å²) in [6.45, 7) is 1.82. The van der Waals surface area contributed by atoms with Gasteiger partial charge in [-0.2, -0.15) is 11.3 Å². The lowest BCUT2D eigenvalue weighted by Gasteiger charge is -2.25. The van der Waals surface area contributed by atoms with E-state index in [0.717, 1.165) is 24.6 Å². The van der Waals surface area contributed by atoms with Gasteiger partial charge < -0.3 is 5.32 Å². The van der Waals surface area contributed by atoms with Crippen LogP contribution in [0.2, 0.25) is 0 Å². The zero-order chi connectivity index (χ0) is 17.5. The Kier molecular flexibility index (Phi) is 6.43. The quantitative estimate of drug-likeness (QED) is 0.825. The van der Waals surface area contributed by atoms with E-state index in [4.69, 9.17) is 0 Å². The Hall–Kier alpha value is -1.90. The standard InChI is InChI=1S/C20H26N4S/c1-24(2)10-3-4-16-5-7-17(8-6-16)12-21-20-22-13-19(14-23-20)18-9-11-25-15-18/h9,11,13-17H,5-8,10,12H2,1-2H3,(H,21,22,23). The van der Waals surface area contributed by atoms with Crippen molar-refractivity contribution in [2.24, 2.45) is 11.8 Å². The molecule has 1 saturated carbocycles. The minimum Gasteiger partial charge on any atom is -0.354 e. The first kappa shape index (κ1) is 17.9. The molecule has 1 aliphatic carbocycles. The summed E-state index contributed by atoms with van der Waals surface area (Å²) < 4.78 is 0. The lowest BCUT2D eigenvalue weighted by Crippen LogP contribution is -2.21. The maximum Gasteiger partial charge on any atom is 0.222 e. The Morgan fingerprint density at radius 2 is 1.92 bits per heavy atom. The van der Waals surface area contributed by atoms with Crippen LogP contribution < -0.4 is 5.32 Å². The highest BCUT2D eigenvalue weighted by molar-refractivity contribution is 7.08. The fourth-order valence-electron chi connectivity index (χ4n) is 3.09. The average molecular weight is 355 g/mol. The molecular weight excluding hydrogens is 328 g/mol. The molecule has 0 atom stereocenters. The largest absolute Gasteiger partial charge is 0.354 e. The van der Waals surface area contributed by atoms with Gasteiger partial charge >= 0.3 is 0 Å². The lowest BCUT2D eigenvalue weighted by atomic mass is 9.82. The van der Waals surface area contributed by atoms with Crippen LogP contribution in [0, 0.1) is 23.7 Å². The molecule has 0 radical (unpaired) electrons. The Morgan fingerprint density at radius 1 is 1.16 bits per heavy atom. The second-order valence-corrected chi connectivity index (χ2v) is 7.74. The number of anilines is 1. The van der Waals surface area contributed by atoms with Crippen LogP contribution in [0.1, 0.15) is 25.7 Å². The van der Waals surface area contributed by atoms with E-state index in [1.807, 2.05) is 12.4 Å². The van der Waals surface area contributed by atoms with Crippen LogP contribution in [0.15, 0.2) is 29.2 Å². The van der Waals surface area contributed by atoms with Crippen molar-refractivity contribution in [2.45, 2.75) is 25.7 Å². The molecule has 1 aliphatic rings. The molecule has 132 valence electrons. The summed E-state index contributed by atoms with van der Waals surface area (Å²) in [5.74, 6) is 8.73. The molecule has 0 amide bonds. The molecule has 0 bridgehead atoms. The molecule has 2 aromatic rings. The fraction of sp³-hybridized carbons (Fsp3) is 0.500. The normalized spacial score (nSPS) is 20.1. The molecule has 0 saturated heterocycles. The first-order valence-corrected chi connectivity index (χ1v) is 9.86. The minimum absolute atomic E-state index is 0.581. The van der Waals surface area contributed by atoms with Crippen LogP contribution in [-0.4, -0.2) is 42.1 Å². The number of aromatic nitrogens is 2. The molecule has 3 rings (SSSR count). The Morgan fingerprint density at radius 3 is 2.56 bits per heavy atom. The third kappa shape index (κ3) is 5.55. The SMILES string of the molecule is CN(C)CC#CC1CCC(CNc2ncc(-c3ccsc3)cn2)CC1. The highest BCUT2D eigenvalue weighted by Gasteiger charge is 2.19. The molecule has 0 aliphatic heterocycles. The van der Waals surface area contributed by atoms with Gasteiger partial charge in [-0.1, -0.05) is 11.8 Å².